The lowest BCUT2D eigenvalue weighted by Crippen LogP contribution is -2.56. The highest BCUT2D eigenvalue weighted by molar-refractivity contribution is 6.07. The van der Waals surface area contributed by atoms with Crippen LogP contribution in [0.15, 0.2) is 65.7 Å². The summed E-state index contributed by atoms with van der Waals surface area (Å²) in [4.78, 5) is 54.9. The van der Waals surface area contributed by atoms with Crippen molar-refractivity contribution < 1.29 is 33.8 Å². The number of carboxylic acids is 1. The van der Waals surface area contributed by atoms with Crippen LogP contribution in [0.2, 0.25) is 0 Å². The summed E-state index contributed by atoms with van der Waals surface area (Å²) in [5, 5.41) is 9.77. The quantitative estimate of drug-likeness (QED) is 0.115. The lowest BCUT2D eigenvalue weighted by atomic mass is 9.77. The first-order valence-electron chi connectivity index (χ1n) is 14.8. The van der Waals surface area contributed by atoms with E-state index in [9.17, 15) is 24.3 Å². The maximum atomic E-state index is 12.9. The Labute approximate surface area is 252 Å². The van der Waals surface area contributed by atoms with Gasteiger partial charge in [0.15, 0.2) is 11.3 Å². The highest BCUT2D eigenvalue weighted by Gasteiger charge is 2.43. The topological polar surface area (TPSA) is 175 Å². The number of rotatable bonds is 14. The van der Waals surface area contributed by atoms with Crippen LogP contribution in [0.4, 0.5) is 9.59 Å². The first-order valence-corrected chi connectivity index (χ1v) is 14.8. The smallest absolute Gasteiger partial charge is 0.437 e. The molecule has 1 saturated carbocycles. The molecule has 11 heteroatoms. The van der Waals surface area contributed by atoms with E-state index in [2.05, 4.69) is 4.99 Å². The van der Waals surface area contributed by atoms with Crippen molar-refractivity contribution in [2.75, 3.05) is 6.54 Å². The Morgan fingerprint density at radius 3 is 2.02 bits per heavy atom. The number of benzene rings is 2. The van der Waals surface area contributed by atoms with Crippen molar-refractivity contribution in [3.8, 4) is 0 Å². The van der Waals surface area contributed by atoms with E-state index in [1.807, 2.05) is 36.4 Å². The summed E-state index contributed by atoms with van der Waals surface area (Å²) in [6, 6.07) is 18.1. The van der Waals surface area contributed by atoms with Gasteiger partial charge < -0.3 is 26.0 Å². The molecule has 0 spiro atoms. The Bertz CT molecular complexity index is 1230. The van der Waals surface area contributed by atoms with Crippen molar-refractivity contribution >= 4 is 29.9 Å². The standard InChI is InChI=1S/C32H42N4O7/c33-29(35-30(40)42-22-25-15-7-2-8-16-25)36(31(41)43-23-26-17-9-3-10-18-26)20-12-4-11-19-27(37)32(34,28(38)39)21-24-13-5-1-6-14-24/h2-3,7-10,15-18,24H,1,4-6,11-14,19-23,34H2,(H,38,39)(H2,33,35,40)/t32-/m1/s1. The van der Waals surface area contributed by atoms with Crippen LogP contribution in [0.3, 0.4) is 0 Å². The number of amides is 2. The van der Waals surface area contributed by atoms with Gasteiger partial charge in [-0.1, -0.05) is 99.2 Å². The maximum Gasteiger partial charge on any atom is 0.437 e. The number of ketones is 1. The van der Waals surface area contributed by atoms with E-state index >= 15 is 0 Å². The molecule has 3 rings (SSSR count). The van der Waals surface area contributed by atoms with E-state index in [0.29, 0.717) is 19.3 Å². The number of nitrogens with zero attached hydrogens (tertiary/aromatic N) is 2. The third kappa shape index (κ3) is 10.8. The van der Waals surface area contributed by atoms with Gasteiger partial charge in [0.2, 0.25) is 5.96 Å². The number of ether oxygens (including phenoxy) is 2. The number of aliphatic carboxylic acids is 1. The van der Waals surface area contributed by atoms with E-state index in [1.54, 1.807) is 24.3 Å². The average Bonchev–Trinajstić information content (AvgIpc) is 3.01. The van der Waals surface area contributed by atoms with Crippen molar-refractivity contribution in [2.45, 2.75) is 83.0 Å². The molecule has 0 unspecified atom stereocenters. The van der Waals surface area contributed by atoms with Crippen LogP contribution in [0.25, 0.3) is 0 Å². The lowest BCUT2D eigenvalue weighted by molar-refractivity contribution is -0.149. The molecule has 0 aromatic heterocycles. The minimum Gasteiger partial charge on any atom is -0.480 e. The molecule has 43 heavy (non-hydrogen) atoms. The second-order valence-electron chi connectivity index (χ2n) is 10.9. The van der Waals surface area contributed by atoms with Gasteiger partial charge >= 0.3 is 18.2 Å². The zero-order valence-electron chi connectivity index (χ0n) is 24.5. The van der Waals surface area contributed by atoms with Crippen LogP contribution in [-0.2, 0) is 32.3 Å². The maximum absolute atomic E-state index is 12.9. The Morgan fingerprint density at radius 2 is 1.44 bits per heavy atom. The molecule has 2 amide bonds. The Balaban J connectivity index is 1.55. The molecular formula is C32H42N4O7. The van der Waals surface area contributed by atoms with Gasteiger partial charge in [0.25, 0.3) is 0 Å². The van der Waals surface area contributed by atoms with E-state index in [0.717, 1.165) is 48.1 Å². The molecule has 0 bridgehead atoms. The van der Waals surface area contributed by atoms with Gasteiger partial charge in [0.1, 0.15) is 13.2 Å². The zero-order chi connectivity index (χ0) is 31.1. The number of carboxylic acid groups (broad SMARTS) is 1. The summed E-state index contributed by atoms with van der Waals surface area (Å²) >= 11 is 0. The Morgan fingerprint density at radius 1 is 0.860 bits per heavy atom. The van der Waals surface area contributed by atoms with Crippen molar-refractivity contribution in [2.24, 2.45) is 22.4 Å². The van der Waals surface area contributed by atoms with E-state index in [1.165, 1.54) is 0 Å². The number of guanidine groups is 1. The van der Waals surface area contributed by atoms with Crippen molar-refractivity contribution in [1.82, 2.24) is 4.90 Å². The first kappa shape index (κ1) is 33.3. The number of Topliss-reactive ketones (excluding diaryl/α,β-unsaturated/α-hetero) is 1. The second-order valence-corrected chi connectivity index (χ2v) is 10.9. The summed E-state index contributed by atoms with van der Waals surface area (Å²) < 4.78 is 10.5. The molecule has 1 fully saturated rings. The average molecular weight is 595 g/mol. The highest BCUT2D eigenvalue weighted by atomic mass is 16.6. The van der Waals surface area contributed by atoms with Crippen LogP contribution < -0.4 is 11.5 Å². The number of carbonyl (C=O) groups excluding carboxylic acids is 3. The number of hydrogen-bond donors (Lipinski definition) is 3. The predicted octanol–water partition coefficient (Wildman–Crippen LogP) is 5.16. The van der Waals surface area contributed by atoms with Crippen LogP contribution in [0, 0.1) is 5.92 Å². The molecule has 232 valence electrons. The van der Waals surface area contributed by atoms with Gasteiger partial charge in [0.05, 0.1) is 0 Å². The molecule has 0 radical (unpaired) electrons. The number of hydrogen-bond acceptors (Lipinski definition) is 7. The van der Waals surface area contributed by atoms with Crippen LogP contribution in [0.1, 0.15) is 75.3 Å². The summed E-state index contributed by atoms with van der Waals surface area (Å²) in [6.45, 7) is 0.0334. The molecule has 0 saturated heterocycles. The second kappa shape index (κ2) is 17.0. The molecular weight excluding hydrogens is 552 g/mol. The minimum atomic E-state index is -1.90. The minimum absolute atomic E-state index is 0.00333. The number of aliphatic imine (C=N–C) groups is 1. The molecule has 0 heterocycles. The molecule has 11 nitrogen and oxygen atoms in total. The third-order valence-electron chi connectivity index (χ3n) is 7.61. The number of carbonyl (C=O) groups is 4. The first-order chi connectivity index (χ1) is 20.7. The summed E-state index contributed by atoms with van der Waals surface area (Å²) in [6.07, 6.45) is 4.57. The predicted molar refractivity (Wildman–Crippen MR) is 161 cm³/mol. The molecule has 2 aromatic rings. The van der Waals surface area contributed by atoms with E-state index in [-0.39, 0.29) is 44.5 Å². The summed E-state index contributed by atoms with van der Waals surface area (Å²) in [5.41, 5.74) is 11.8. The SMILES string of the molecule is NC(=NC(=O)OCc1ccccc1)N(CCCCCC(=O)[C@](N)(CC1CCCCC1)C(=O)O)C(=O)OCc1ccccc1. The van der Waals surface area contributed by atoms with Crippen LogP contribution in [0.5, 0.6) is 0 Å². The highest BCUT2D eigenvalue weighted by Crippen LogP contribution is 2.31. The van der Waals surface area contributed by atoms with Gasteiger partial charge in [-0.05, 0) is 36.3 Å². The number of nitrogens with two attached hydrogens (primary N) is 2. The van der Waals surface area contributed by atoms with Crippen molar-refractivity contribution in [3.05, 3.63) is 71.8 Å². The van der Waals surface area contributed by atoms with Crippen molar-refractivity contribution in [3.63, 3.8) is 0 Å². The molecule has 1 aliphatic carbocycles. The van der Waals surface area contributed by atoms with Gasteiger partial charge in [-0.2, -0.15) is 0 Å². The van der Waals surface area contributed by atoms with Gasteiger partial charge in [-0.15, -0.1) is 4.99 Å². The summed E-state index contributed by atoms with van der Waals surface area (Å²) in [5.74, 6) is -2.03. The Hall–Kier alpha value is -4.25. The van der Waals surface area contributed by atoms with Crippen molar-refractivity contribution in [1.29, 1.82) is 0 Å². The lowest BCUT2D eigenvalue weighted by Gasteiger charge is -2.30. The molecule has 2 aromatic carbocycles. The fourth-order valence-electron chi connectivity index (χ4n) is 5.12. The fraction of sp³-hybridized carbons (Fsp3) is 0.469. The largest absolute Gasteiger partial charge is 0.480 e. The Kier molecular flexibility index (Phi) is 13.2. The normalized spacial score (nSPS) is 15.2. The van der Waals surface area contributed by atoms with Gasteiger partial charge in [0, 0.05) is 13.0 Å². The van der Waals surface area contributed by atoms with Crippen LogP contribution >= 0.6 is 0 Å². The number of unbranched alkanes of at least 4 members (excludes halogenated alkanes) is 2. The molecule has 1 aliphatic rings. The molecule has 5 N–H and O–H groups in total. The molecule has 1 atom stereocenters. The fourth-order valence-corrected chi connectivity index (χ4v) is 5.12. The van der Waals surface area contributed by atoms with E-state index < -0.39 is 29.5 Å². The van der Waals surface area contributed by atoms with Gasteiger partial charge in [-0.3, -0.25) is 4.79 Å². The molecule has 0 aliphatic heterocycles. The third-order valence-corrected chi connectivity index (χ3v) is 7.61. The van der Waals surface area contributed by atoms with Crippen LogP contribution in [-0.4, -0.2) is 52.0 Å². The van der Waals surface area contributed by atoms with Gasteiger partial charge in [-0.25, -0.2) is 19.3 Å². The monoisotopic (exact) mass is 594 g/mol. The van der Waals surface area contributed by atoms with E-state index in [4.69, 9.17) is 20.9 Å². The summed E-state index contributed by atoms with van der Waals surface area (Å²) in [7, 11) is 0. The zero-order valence-corrected chi connectivity index (χ0v) is 24.5.